The van der Waals surface area contributed by atoms with Gasteiger partial charge in [-0.2, -0.15) is 0 Å². The van der Waals surface area contributed by atoms with Crippen molar-refractivity contribution in [1.82, 2.24) is 15.4 Å². The van der Waals surface area contributed by atoms with Crippen molar-refractivity contribution in [3.63, 3.8) is 0 Å². The minimum atomic E-state index is -0.124. The van der Waals surface area contributed by atoms with Gasteiger partial charge in [-0.3, -0.25) is 4.98 Å². The molecular weight excluding hydrogens is 222 g/mol. The van der Waals surface area contributed by atoms with Gasteiger partial charge in [0.2, 0.25) is 0 Å². The molecule has 3 heteroatoms. The molecule has 1 fully saturated rings. The highest BCUT2D eigenvalue weighted by atomic mass is 15.6. The Kier molecular flexibility index (Phi) is 4.03. The van der Waals surface area contributed by atoms with Crippen LogP contribution in [0.25, 0.3) is 0 Å². The van der Waals surface area contributed by atoms with E-state index in [4.69, 9.17) is 0 Å². The number of hydrogen-bond acceptors (Lipinski definition) is 3. The van der Waals surface area contributed by atoms with E-state index < -0.39 is 0 Å². The van der Waals surface area contributed by atoms with Crippen LogP contribution in [0.4, 0.5) is 0 Å². The van der Waals surface area contributed by atoms with Crippen molar-refractivity contribution in [2.24, 2.45) is 0 Å². The lowest BCUT2D eigenvalue weighted by Crippen LogP contribution is -2.58. The molecule has 2 atom stereocenters. The number of nitrogens with zero attached hydrogens (tertiary/aromatic N) is 2. The normalized spacial score (nSPS) is 26.2. The Bertz CT molecular complexity index is 365. The second kappa shape index (κ2) is 5.37. The number of aromatic nitrogens is 1. The van der Waals surface area contributed by atoms with E-state index in [0.29, 0.717) is 12.1 Å². The summed E-state index contributed by atoms with van der Waals surface area (Å²) >= 11 is 0. The van der Waals surface area contributed by atoms with Crippen molar-refractivity contribution >= 4 is 0 Å². The minimum absolute atomic E-state index is 0.124. The van der Waals surface area contributed by atoms with Gasteiger partial charge < -0.3 is 0 Å². The topological polar surface area (TPSA) is 28.2 Å². The molecule has 2 heterocycles. The molecule has 1 aliphatic rings. The summed E-state index contributed by atoms with van der Waals surface area (Å²) in [6.45, 7) is 9.00. The summed E-state index contributed by atoms with van der Waals surface area (Å²) in [6.07, 6.45) is 5.75. The van der Waals surface area contributed by atoms with Crippen LogP contribution in [0.2, 0.25) is 0 Å². The van der Waals surface area contributed by atoms with Gasteiger partial charge in [0.1, 0.15) is 0 Å². The number of hydrogen-bond donors (Lipinski definition) is 1. The highest BCUT2D eigenvalue weighted by Crippen LogP contribution is 2.25. The SMILES string of the molecule is CC1CCCC(C)N1NC(C)(C)c1ccccn1. The Labute approximate surface area is 111 Å². The molecular formula is C15H25N3. The number of nitrogens with one attached hydrogen (secondary N) is 1. The van der Waals surface area contributed by atoms with E-state index in [2.05, 4.69) is 55.2 Å². The van der Waals surface area contributed by atoms with E-state index in [-0.39, 0.29) is 5.54 Å². The van der Waals surface area contributed by atoms with Crippen LogP contribution in [-0.4, -0.2) is 22.1 Å². The van der Waals surface area contributed by atoms with E-state index >= 15 is 0 Å². The van der Waals surface area contributed by atoms with Gasteiger partial charge in [0.05, 0.1) is 11.2 Å². The van der Waals surface area contributed by atoms with Crippen molar-refractivity contribution in [3.05, 3.63) is 30.1 Å². The minimum Gasteiger partial charge on any atom is -0.259 e. The molecule has 0 bridgehead atoms. The Hall–Kier alpha value is -0.930. The third-order valence-electron chi connectivity index (χ3n) is 3.91. The molecule has 0 saturated carbocycles. The first kappa shape index (κ1) is 13.5. The molecule has 0 aliphatic carbocycles. The first-order valence-electron chi connectivity index (χ1n) is 6.98. The van der Waals surface area contributed by atoms with Gasteiger partial charge in [-0.15, -0.1) is 0 Å². The molecule has 0 aromatic carbocycles. The summed E-state index contributed by atoms with van der Waals surface area (Å²) in [6, 6.07) is 7.29. The molecule has 3 nitrogen and oxygen atoms in total. The van der Waals surface area contributed by atoms with Crippen LogP contribution in [0.1, 0.15) is 52.7 Å². The molecule has 1 N–H and O–H groups in total. The molecule has 2 rings (SSSR count). The summed E-state index contributed by atoms with van der Waals surface area (Å²) in [5.41, 5.74) is 4.65. The fourth-order valence-corrected chi connectivity index (χ4v) is 2.75. The third-order valence-corrected chi connectivity index (χ3v) is 3.91. The second-order valence-electron chi connectivity index (χ2n) is 5.99. The van der Waals surface area contributed by atoms with Crippen LogP contribution in [-0.2, 0) is 5.54 Å². The van der Waals surface area contributed by atoms with E-state index in [0.717, 1.165) is 5.69 Å². The zero-order chi connectivity index (χ0) is 13.2. The lowest BCUT2D eigenvalue weighted by atomic mass is 9.97. The Balaban J connectivity index is 2.12. The van der Waals surface area contributed by atoms with Crippen molar-refractivity contribution in [1.29, 1.82) is 0 Å². The van der Waals surface area contributed by atoms with Gasteiger partial charge in [0.15, 0.2) is 0 Å². The predicted molar refractivity (Wildman–Crippen MR) is 75.0 cm³/mol. The molecule has 1 saturated heterocycles. The number of rotatable bonds is 3. The van der Waals surface area contributed by atoms with Crippen LogP contribution in [0.3, 0.4) is 0 Å². The third kappa shape index (κ3) is 2.90. The quantitative estimate of drug-likeness (QED) is 0.889. The first-order valence-corrected chi connectivity index (χ1v) is 6.98. The summed E-state index contributed by atoms with van der Waals surface area (Å²) in [7, 11) is 0. The number of piperidine rings is 1. The van der Waals surface area contributed by atoms with E-state index in [1.807, 2.05) is 12.3 Å². The fourth-order valence-electron chi connectivity index (χ4n) is 2.75. The largest absolute Gasteiger partial charge is 0.259 e. The monoisotopic (exact) mass is 247 g/mol. The smallest absolute Gasteiger partial charge is 0.0689 e. The highest BCUT2D eigenvalue weighted by Gasteiger charge is 2.31. The van der Waals surface area contributed by atoms with Gasteiger partial charge in [0, 0.05) is 18.3 Å². The summed E-state index contributed by atoms with van der Waals surface area (Å²) in [4.78, 5) is 4.48. The lowest BCUT2D eigenvalue weighted by molar-refractivity contribution is 0.00690. The maximum absolute atomic E-state index is 4.48. The van der Waals surface area contributed by atoms with Gasteiger partial charge in [-0.25, -0.2) is 10.4 Å². The van der Waals surface area contributed by atoms with Crippen LogP contribution in [0.15, 0.2) is 24.4 Å². The molecule has 18 heavy (non-hydrogen) atoms. The van der Waals surface area contributed by atoms with E-state index in [1.165, 1.54) is 19.3 Å². The Morgan fingerprint density at radius 1 is 1.22 bits per heavy atom. The second-order valence-corrected chi connectivity index (χ2v) is 5.99. The van der Waals surface area contributed by atoms with Gasteiger partial charge in [0.25, 0.3) is 0 Å². The number of pyridine rings is 1. The van der Waals surface area contributed by atoms with E-state index in [1.54, 1.807) is 0 Å². The summed E-state index contributed by atoms with van der Waals surface area (Å²) < 4.78 is 0. The molecule has 1 aromatic heterocycles. The molecule has 1 aliphatic heterocycles. The predicted octanol–water partition coefficient (Wildman–Crippen LogP) is 3.08. The summed E-state index contributed by atoms with van der Waals surface area (Å²) in [5.74, 6) is 0. The molecule has 0 amide bonds. The lowest BCUT2D eigenvalue weighted by Gasteiger charge is -2.44. The van der Waals surface area contributed by atoms with Gasteiger partial charge >= 0.3 is 0 Å². The highest BCUT2D eigenvalue weighted by molar-refractivity contribution is 5.13. The van der Waals surface area contributed by atoms with Crippen LogP contribution >= 0.6 is 0 Å². The molecule has 100 valence electrons. The molecule has 2 unspecified atom stereocenters. The fraction of sp³-hybridized carbons (Fsp3) is 0.667. The van der Waals surface area contributed by atoms with Crippen molar-refractivity contribution in [3.8, 4) is 0 Å². The van der Waals surface area contributed by atoms with E-state index in [9.17, 15) is 0 Å². The maximum Gasteiger partial charge on any atom is 0.0689 e. The average molecular weight is 247 g/mol. The van der Waals surface area contributed by atoms with Gasteiger partial charge in [-0.1, -0.05) is 12.5 Å². The van der Waals surface area contributed by atoms with Crippen LogP contribution < -0.4 is 5.43 Å². The Morgan fingerprint density at radius 3 is 2.44 bits per heavy atom. The van der Waals surface area contributed by atoms with Crippen LogP contribution in [0.5, 0.6) is 0 Å². The Morgan fingerprint density at radius 2 is 1.89 bits per heavy atom. The first-order chi connectivity index (χ1) is 8.50. The average Bonchev–Trinajstić information content (AvgIpc) is 2.35. The maximum atomic E-state index is 4.48. The summed E-state index contributed by atoms with van der Waals surface area (Å²) in [5, 5.41) is 2.41. The van der Waals surface area contributed by atoms with Crippen molar-refractivity contribution < 1.29 is 0 Å². The standard InChI is InChI=1S/C15H25N3/c1-12-8-7-9-13(2)18(12)17-15(3,4)14-10-5-6-11-16-14/h5-6,10-13,17H,7-9H2,1-4H3. The van der Waals surface area contributed by atoms with Crippen molar-refractivity contribution in [2.45, 2.75) is 64.6 Å². The van der Waals surface area contributed by atoms with Gasteiger partial charge in [-0.05, 0) is 52.7 Å². The molecule has 0 radical (unpaired) electrons. The molecule has 1 aromatic rings. The zero-order valence-electron chi connectivity index (χ0n) is 12.0. The molecule has 0 spiro atoms. The van der Waals surface area contributed by atoms with Crippen LogP contribution in [0, 0.1) is 0 Å². The zero-order valence-corrected chi connectivity index (χ0v) is 12.0. The number of hydrazine groups is 1. The van der Waals surface area contributed by atoms with Crippen molar-refractivity contribution in [2.75, 3.05) is 0 Å².